The zero-order valence-electron chi connectivity index (χ0n) is 24.3. The highest BCUT2D eigenvalue weighted by Crippen LogP contribution is 2.38. The zero-order valence-corrected chi connectivity index (χ0v) is 24.3. The van der Waals surface area contributed by atoms with Crippen LogP contribution in [0.5, 0.6) is 11.5 Å². The molecule has 0 aliphatic carbocycles. The van der Waals surface area contributed by atoms with E-state index in [9.17, 15) is 39.3 Å². The number of unbranched alkanes of at least 4 members (excludes halogenated alkanes) is 1. The minimum Gasteiger partial charge on any atom is -0.507 e. The number of hydrogen-bond acceptors (Lipinski definition) is 10. The van der Waals surface area contributed by atoms with Crippen LogP contribution in [0, 0.1) is 0 Å². The van der Waals surface area contributed by atoms with Crippen LogP contribution in [0.15, 0.2) is 36.4 Å². The lowest BCUT2D eigenvalue weighted by Crippen LogP contribution is -2.58. The van der Waals surface area contributed by atoms with Gasteiger partial charge in [-0.2, -0.15) is 0 Å². The summed E-state index contributed by atoms with van der Waals surface area (Å²) in [7, 11) is 1.33. The van der Waals surface area contributed by atoms with Crippen LogP contribution in [0.1, 0.15) is 42.9 Å². The second kappa shape index (κ2) is 15.1. The number of nitrogens with two attached hydrogens (primary N) is 3. The number of nitrogens with one attached hydrogen (secondary N) is 3. The minimum atomic E-state index is -1.70. The van der Waals surface area contributed by atoms with E-state index in [1.807, 2.05) is 0 Å². The van der Waals surface area contributed by atoms with Crippen molar-refractivity contribution in [3.63, 3.8) is 0 Å². The Kier molecular flexibility index (Phi) is 11.6. The van der Waals surface area contributed by atoms with Crippen LogP contribution in [0.3, 0.4) is 0 Å². The minimum absolute atomic E-state index is 0.0283. The first kappa shape index (κ1) is 33.8. The van der Waals surface area contributed by atoms with Crippen molar-refractivity contribution in [2.45, 2.75) is 56.4 Å². The molecule has 1 aliphatic heterocycles. The van der Waals surface area contributed by atoms with Crippen molar-refractivity contribution >= 4 is 29.6 Å². The standard InChI is InChI=1S/C29H39N7O8/c1-36(28(42)19(4-2-3-10-30)33-23(39)9-11-31)24-16-6-8-22(38)18(14-16)17-12-15(5-7-21(17)37)13-20(29(43)44)34-27(41)25(32)35-26(24)40/h5-8,12,14,19-20,24-25,37-38H,2-4,9-11,13,30-32H2,1H3,(H,33,39)(H,34,41)(H,35,40)(H,43,44)/t19-,20-,24-,25+/m0/s1. The fourth-order valence-electron chi connectivity index (χ4n) is 4.93. The van der Waals surface area contributed by atoms with Crippen LogP contribution in [-0.4, -0.2) is 88.2 Å². The van der Waals surface area contributed by atoms with Crippen molar-refractivity contribution in [1.82, 2.24) is 20.9 Å². The lowest BCUT2D eigenvalue weighted by atomic mass is 9.93. The predicted molar refractivity (Wildman–Crippen MR) is 159 cm³/mol. The van der Waals surface area contributed by atoms with Crippen LogP contribution in [0.4, 0.5) is 0 Å². The van der Waals surface area contributed by atoms with Gasteiger partial charge in [0.05, 0.1) is 0 Å². The third-order valence-corrected chi connectivity index (χ3v) is 7.26. The zero-order chi connectivity index (χ0) is 32.6. The van der Waals surface area contributed by atoms with Crippen LogP contribution in [0.25, 0.3) is 11.1 Å². The average molecular weight is 614 g/mol. The molecule has 0 unspecified atom stereocenters. The number of likely N-dealkylation sites (N-methyl/N-ethyl adjacent to an activating group) is 1. The summed E-state index contributed by atoms with van der Waals surface area (Å²) in [6.07, 6.45) is -0.638. The van der Waals surface area contributed by atoms with E-state index in [2.05, 4.69) is 16.0 Å². The summed E-state index contributed by atoms with van der Waals surface area (Å²) in [4.78, 5) is 65.8. The maximum atomic E-state index is 13.8. The second-order valence-corrected chi connectivity index (χ2v) is 10.5. The first-order chi connectivity index (χ1) is 20.9. The number of carbonyl (C=O) groups is 5. The molecule has 15 nitrogen and oxygen atoms in total. The van der Waals surface area contributed by atoms with Gasteiger partial charge in [-0.25, -0.2) is 4.79 Å². The van der Waals surface area contributed by atoms with Crippen molar-refractivity contribution in [2.24, 2.45) is 17.2 Å². The van der Waals surface area contributed by atoms with Gasteiger partial charge >= 0.3 is 5.97 Å². The normalized spacial score (nSPS) is 19.1. The molecule has 4 atom stereocenters. The summed E-state index contributed by atoms with van der Waals surface area (Å²) >= 11 is 0. The molecule has 12 N–H and O–H groups in total. The highest BCUT2D eigenvalue weighted by molar-refractivity contribution is 5.95. The molecule has 1 heterocycles. The van der Waals surface area contributed by atoms with Crippen molar-refractivity contribution in [1.29, 1.82) is 0 Å². The molecule has 0 spiro atoms. The Bertz CT molecular complexity index is 1400. The summed E-state index contributed by atoms with van der Waals surface area (Å²) in [5.41, 5.74) is 17.8. The van der Waals surface area contributed by atoms with Gasteiger partial charge in [0, 0.05) is 37.6 Å². The molecule has 4 bridgehead atoms. The topological polar surface area (TPSA) is 263 Å². The van der Waals surface area contributed by atoms with E-state index in [0.29, 0.717) is 24.9 Å². The van der Waals surface area contributed by atoms with Crippen LogP contribution >= 0.6 is 0 Å². The van der Waals surface area contributed by atoms with E-state index in [0.717, 1.165) is 4.90 Å². The monoisotopic (exact) mass is 613 g/mol. The number of fused-ring (bicyclic) bond motifs is 5. The number of benzene rings is 2. The van der Waals surface area contributed by atoms with Crippen molar-refractivity contribution in [3.05, 3.63) is 47.5 Å². The number of rotatable bonds is 10. The molecule has 0 radical (unpaired) electrons. The summed E-state index contributed by atoms with van der Waals surface area (Å²) in [6, 6.07) is 4.34. The van der Waals surface area contributed by atoms with Gasteiger partial charge in [0.25, 0.3) is 5.91 Å². The Morgan fingerprint density at radius 1 is 0.977 bits per heavy atom. The van der Waals surface area contributed by atoms with Gasteiger partial charge in [0.2, 0.25) is 17.7 Å². The highest BCUT2D eigenvalue weighted by Gasteiger charge is 2.35. The van der Waals surface area contributed by atoms with E-state index in [1.54, 1.807) is 0 Å². The second-order valence-electron chi connectivity index (χ2n) is 10.5. The predicted octanol–water partition coefficient (Wildman–Crippen LogP) is -1.25. The van der Waals surface area contributed by atoms with Crippen LogP contribution < -0.4 is 33.2 Å². The number of aromatic hydroxyl groups is 2. The number of carboxylic acid groups (broad SMARTS) is 1. The Hall–Kier alpha value is -4.73. The number of hydrogen-bond donors (Lipinski definition) is 9. The number of aliphatic carboxylic acids is 1. The molecule has 0 saturated heterocycles. The average Bonchev–Trinajstić information content (AvgIpc) is 2.97. The lowest BCUT2D eigenvalue weighted by Gasteiger charge is -2.32. The largest absolute Gasteiger partial charge is 0.507 e. The molecular formula is C29H39N7O8. The summed E-state index contributed by atoms with van der Waals surface area (Å²) < 4.78 is 0. The highest BCUT2D eigenvalue weighted by atomic mass is 16.4. The van der Waals surface area contributed by atoms with Crippen molar-refractivity contribution < 1.29 is 39.3 Å². The SMILES string of the molecule is CN(C(=O)[C@H](CCCCN)NC(=O)CCN)[C@@H]1C(=O)N[C@@H](N)C(=O)N[C@H](C(=O)O)Cc2ccc(O)c(c2)-c2cc1ccc2O. The van der Waals surface area contributed by atoms with Gasteiger partial charge in [-0.1, -0.05) is 12.1 Å². The molecule has 0 saturated carbocycles. The van der Waals surface area contributed by atoms with Crippen molar-refractivity contribution in [3.8, 4) is 22.6 Å². The fourth-order valence-corrected chi connectivity index (χ4v) is 4.93. The molecular weight excluding hydrogens is 574 g/mol. The number of amides is 4. The van der Waals surface area contributed by atoms with E-state index < -0.39 is 53.9 Å². The first-order valence-electron chi connectivity index (χ1n) is 14.1. The van der Waals surface area contributed by atoms with E-state index >= 15 is 0 Å². The van der Waals surface area contributed by atoms with E-state index in [4.69, 9.17) is 17.2 Å². The Balaban J connectivity index is 2.15. The maximum absolute atomic E-state index is 13.8. The van der Waals surface area contributed by atoms with Gasteiger partial charge in [0.15, 0.2) is 6.17 Å². The quantitative estimate of drug-likeness (QED) is 0.143. The van der Waals surface area contributed by atoms with E-state index in [-0.39, 0.29) is 54.0 Å². The van der Waals surface area contributed by atoms with Gasteiger partial charge in [-0.3, -0.25) is 19.2 Å². The summed E-state index contributed by atoms with van der Waals surface area (Å²) in [6.45, 7) is 0.426. The van der Waals surface area contributed by atoms with Gasteiger partial charge < -0.3 is 53.4 Å². The third-order valence-electron chi connectivity index (χ3n) is 7.26. The number of phenols is 2. The fraction of sp³-hybridized carbons (Fsp3) is 0.414. The Morgan fingerprint density at radius 3 is 2.27 bits per heavy atom. The third kappa shape index (κ3) is 8.21. The van der Waals surface area contributed by atoms with E-state index in [1.165, 1.54) is 43.4 Å². The van der Waals surface area contributed by atoms with Gasteiger partial charge in [-0.15, -0.1) is 0 Å². The number of carboxylic acids is 1. The van der Waals surface area contributed by atoms with Crippen LogP contribution in [0.2, 0.25) is 0 Å². The molecule has 0 aromatic heterocycles. The molecule has 3 rings (SSSR count). The smallest absolute Gasteiger partial charge is 0.326 e. The van der Waals surface area contributed by atoms with Gasteiger partial charge in [0.1, 0.15) is 29.6 Å². The van der Waals surface area contributed by atoms with Crippen molar-refractivity contribution in [2.75, 3.05) is 20.1 Å². The molecule has 44 heavy (non-hydrogen) atoms. The molecule has 238 valence electrons. The number of nitrogens with zero attached hydrogens (tertiary/aromatic N) is 1. The number of phenolic OH excluding ortho intramolecular Hbond substituents is 2. The van der Waals surface area contributed by atoms with Gasteiger partial charge in [-0.05, 0) is 61.2 Å². The number of carbonyl (C=O) groups excluding carboxylic acids is 4. The molecule has 0 fully saturated rings. The molecule has 2 aromatic rings. The lowest BCUT2D eigenvalue weighted by molar-refractivity contribution is -0.144. The Labute approximate surface area is 253 Å². The molecule has 15 heteroatoms. The maximum Gasteiger partial charge on any atom is 0.326 e. The molecule has 1 aliphatic rings. The first-order valence-corrected chi connectivity index (χ1v) is 14.1. The van der Waals surface area contributed by atoms with Crippen LogP contribution in [-0.2, 0) is 30.4 Å². The Morgan fingerprint density at radius 2 is 1.64 bits per heavy atom. The molecule has 2 aromatic carbocycles. The molecule has 4 amide bonds. The summed E-state index contributed by atoms with van der Waals surface area (Å²) in [5.74, 6) is -4.89. The summed E-state index contributed by atoms with van der Waals surface area (Å²) in [5, 5.41) is 38.4.